The molecule has 1 aliphatic carbocycles. The van der Waals surface area contributed by atoms with Crippen LogP contribution in [0.25, 0.3) is 0 Å². The molecule has 12 heavy (non-hydrogen) atoms. The number of hydrogen-bond donors (Lipinski definition) is 1. The Morgan fingerprint density at radius 3 is 2.67 bits per heavy atom. The van der Waals surface area contributed by atoms with Crippen molar-refractivity contribution in [2.45, 2.75) is 25.7 Å². The molecule has 0 atom stereocenters. The van der Waals surface area contributed by atoms with Crippen LogP contribution >= 0.6 is 12.2 Å². The molecule has 2 nitrogen and oxygen atoms in total. The fraction of sp³-hybridized carbons (Fsp3) is 0.889. The van der Waals surface area contributed by atoms with E-state index in [4.69, 9.17) is 18.0 Å². The van der Waals surface area contributed by atoms with Crippen LogP contribution in [0.3, 0.4) is 0 Å². The number of rotatable bonds is 3. The van der Waals surface area contributed by atoms with Crippen LogP contribution in [-0.2, 0) is 0 Å². The van der Waals surface area contributed by atoms with Gasteiger partial charge in [0.25, 0.3) is 0 Å². The molecule has 2 aliphatic rings. The lowest BCUT2D eigenvalue weighted by Crippen LogP contribution is -2.25. The second-order valence-electron chi connectivity index (χ2n) is 4.24. The van der Waals surface area contributed by atoms with Gasteiger partial charge in [-0.3, -0.25) is 0 Å². The van der Waals surface area contributed by atoms with Gasteiger partial charge in [-0.2, -0.15) is 0 Å². The molecule has 0 radical (unpaired) electrons. The zero-order valence-corrected chi connectivity index (χ0v) is 8.20. The van der Waals surface area contributed by atoms with Crippen LogP contribution < -0.4 is 5.73 Å². The number of thiocarbonyl (C=S) groups is 1. The maximum absolute atomic E-state index is 5.46. The van der Waals surface area contributed by atoms with Gasteiger partial charge in [-0.1, -0.05) is 12.2 Å². The van der Waals surface area contributed by atoms with E-state index in [9.17, 15) is 0 Å². The van der Waals surface area contributed by atoms with Crippen molar-refractivity contribution in [3.05, 3.63) is 0 Å². The molecule has 1 heterocycles. The molecule has 2 rings (SSSR count). The smallest absolute Gasteiger partial charge is 0.0740 e. The van der Waals surface area contributed by atoms with E-state index >= 15 is 0 Å². The van der Waals surface area contributed by atoms with E-state index in [0.717, 1.165) is 18.4 Å². The van der Waals surface area contributed by atoms with E-state index in [2.05, 4.69) is 4.90 Å². The molecule has 0 aromatic carbocycles. The molecule has 2 N–H and O–H groups in total. The highest BCUT2D eigenvalue weighted by molar-refractivity contribution is 7.80. The highest BCUT2D eigenvalue weighted by Crippen LogP contribution is 2.52. The summed E-state index contributed by atoms with van der Waals surface area (Å²) >= 11 is 4.85. The van der Waals surface area contributed by atoms with Gasteiger partial charge < -0.3 is 10.6 Å². The van der Waals surface area contributed by atoms with Gasteiger partial charge in [0, 0.05) is 19.5 Å². The summed E-state index contributed by atoms with van der Waals surface area (Å²) in [6, 6.07) is 0. The van der Waals surface area contributed by atoms with E-state index in [1.54, 1.807) is 0 Å². The topological polar surface area (TPSA) is 29.3 Å². The van der Waals surface area contributed by atoms with Crippen molar-refractivity contribution in [3.8, 4) is 0 Å². The number of hydrogen-bond acceptors (Lipinski definition) is 2. The first-order chi connectivity index (χ1) is 5.70. The van der Waals surface area contributed by atoms with Gasteiger partial charge in [0.1, 0.15) is 0 Å². The van der Waals surface area contributed by atoms with E-state index in [1.807, 2.05) is 0 Å². The van der Waals surface area contributed by atoms with Crippen LogP contribution in [0.1, 0.15) is 25.7 Å². The number of likely N-dealkylation sites (tertiary alicyclic amines) is 1. The molecule has 0 unspecified atom stereocenters. The number of nitrogens with two attached hydrogens (primary N) is 1. The highest BCUT2D eigenvalue weighted by atomic mass is 32.1. The Bertz CT molecular complexity index is 199. The number of nitrogens with zero attached hydrogens (tertiary/aromatic N) is 1. The molecule has 1 aliphatic heterocycles. The molecule has 0 bridgehead atoms. The van der Waals surface area contributed by atoms with E-state index in [-0.39, 0.29) is 0 Å². The van der Waals surface area contributed by atoms with E-state index < -0.39 is 0 Å². The van der Waals surface area contributed by atoms with Crippen LogP contribution in [0.4, 0.5) is 0 Å². The molecule has 1 spiro atoms. The van der Waals surface area contributed by atoms with E-state index in [1.165, 1.54) is 32.4 Å². The third-order valence-electron chi connectivity index (χ3n) is 3.15. The van der Waals surface area contributed by atoms with Crippen LogP contribution in [-0.4, -0.2) is 29.5 Å². The van der Waals surface area contributed by atoms with Gasteiger partial charge in [-0.05, 0) is 31.2 Å². The molecule has 3 heteroatoms. The van der Waals surface area contributed by atoms with Crippen molar-refractivity contribution in [3.63, 3.8) is 0 Å². The van der Waals surface area contributed by atoms with Crippen molar-refractivity contribution in [2.24, 2.45) is 11.1 Å². The monoisotopic (exact) mass is 184 g/mol. The Balaban J connectivity index is 1.73. The summed E-state index contributed by atoms with van der Waals surface area (Å²) in [5.41, 5.74) is 6.20. The molecule has 68 valence electrons. The minimum atomic E-state index is 0.659. The van der Waals surface area contributed by atoms with Gasteiger partial charge in [-0.25, -0.2) is 0 Å². The third kappa shape index (κ3) is 1.77. The van der Waals surface area contributed by atoms with Gasteiger partial charge in [0.2, 0.25) is 0 Å². The Kier molecular flexibility index (Phi) is 2.09. The average molecular weight is 184 g/mol. The van der Waals surface area contributed by atoms with E-state index in [0.29, 0.717) is 4.99 Å². The Morgan fingerprint density at radius 2 is 2.17 bits per heavy atom. The van der Waals surface area contributed by atoms with Gasteiger partial charge in [0.15, 0.2) is 0 Å². The molecule has 0 aromatic heterocycles. The summed E-state index contributed by atoms with van der Waals surface area (Å²) in [6.07, 6.45) is 5.21. The van der Waals surface area contributed by atoms with Crippen molar-refractivity contribution >= 4 is 17.2 Å². The fourth-order valence-corrected chi connectivity index (χ4v) is 2.16. The normalized spacial score (nSPS) is 26.3. The molecule has 1 saturated heterocycles. The maximum atomic E-state index is 5.46. The van der Waals surface area contributed by atoms with Crippen molar-refractivity contribution < 1.29 is 0 Å². The Morgan fingerprint density at radius 1 is 1.42 bits per heavy atom. The average Bonchev–Trinajstić information content (AvgIpc) is 2.60. The lowest BCUT2D eigenvalue weighted by atomic mass is 10.1. The Hall–Kier alpha value is -0.150. The zero-order chi connectivity index (χ0) is 8.60. The first kappa shape index (κ1) is 8.45. The SMILES string of the molecule is NC(=S)CCN1CCC2(CC2)C1. The van der Waals surface area contributed by atoms with Crippen LogP contribution in [0.2, 0.25) is 0 Å². The fourth-order valence-electron chi connectivity index (χ4n) is 2.07. The minimum absolute atomic E-state index is 0.659. The predicted octanol–water partition coefficient (Wildman–Crippen LogP) is 1.15. The summed E-state index contributed by atoms with van der Waals surface area (Å²) in [6.45, 7) is 3.65. The minimum Gasteiger partial charge on any atom is -0.393 e. The summed E-state index contributed by atoms with van der Waals surface area (Å²) < 4.78 is 0. The van der Waals surface area contributed by atoms with Gasteiger partial charge in [0.05, 0.1) is 4.99 Å². The summed E-state index contributed by atoms with van der Waals surface area (Å²) in [5.74, 6) is 0. The molecule has 0 amide bonds. The van der Waals surface area contributed by atoms with Crippen LogP contribution in [0.15, 0.2) is 0 Å². The third-order valence-corrected chi connectivity index (χ3v) is 3.35. The summed E-state index contributed by atoms with van der Waals surface area (Å²) in [5, 5.41) is 0. The van der Waals surface area contributed by atoms with Gasteiger partial charge in [-0.15, -0.1) is 0 Å². The molecule has 0 aromatic rings. The van der Waals surface area contributed by atoms with Crippen LogP contribution in [0, 0.1) is 5.41 Å². The molecule has 1 saturated carbocycles. The van der Waals surface area contributed by atoms with Crippen molar-refractivity contribution in [2.75, 3.05) is 19.6 Å². The predicted molar refractivity (Wildman–Crippen MR) is 54.1 cm³/mol. The largest absolute Gasteiger partial charge is 0.393 e. The van der Waals surface area contributed by atoms with Crippen molar-refractivity contribution in [1.82, 2.24) is 4.90 Å². The second kappa shape index (κ2) is 2.96. The standard InChI is InChI=1S/C9H16N2S/c10-8(12)1-5-11-6-4-9(7-11)2-3-9/h1-7H2,(H2,10,12). The Labute approximate surface area is 79.1 Å². The lowest BCUT2D eigenvalue weighted by molar-refractivity contribution is 0.330. The van der Waals surface area contributed by atoms with Crippen molar-refractivity contribution in [1.29, 1.82) is 0 Å². The first-order valence-electron chi connectivity index (χ1n) is 4.71. The summed E-state index contributed by atoms with van der Waals surface area (Å²) in [7, 11) is 0. The highest BCUT2D eigenvalue weighted by Gasteiger charge is 2.47. The van der Waals surface area contributed by atoms with Crippen LogP contribution in [0.5, 0.6) is 0 Å². The molecular weight excluding hydrogens is 168 g/mol. The second-order valence-corrected chi connectivity index (χ2v) is 4.77. The summed E-state index contributed by atoms with van der Waals surface area (Å²) in [4.78, 5) is 3.17. The molecular formula is C9H16N2S. The maximum Gasteiger partial charge on any atom is 0.0740 e. The quantitative estimate of drug-likeness (QED) is 0.667. The van der Waals surface area contributed by atoms with Gasteiger partial charge >= 0.3 is 0 Å². The zero-order valence-electron chi connectivity index (χ0n) is 7.38. The lowest BCUT2D eigenvalue weighted by Gasteiger charge is -2.14. The first-order valence-corrected chi connectivity index (χ1v) is 5.12. The molecule has 2 fully saturated rings.